The van der Waals surface area contributed by atoms with E-state index in [0.717, 1.165) is 38.5 Å². The van der Waals surface area contributed by atoms with E-state index in [1.807, 2.05) is 0 Å². The molecule has 0 atom stereocenters. The molecule has 0 bridgehead atoms. The average molecular weight is 267 g/mol. The lowest BCUT2D eigenvalue weighted by Gasteiger charge is -2.35. The van der Waals surface area contributed by atoms with Crippen LogP contribution in [0.4, 0.5) is 0 Å². The molecule has 0 radical (unpaired) electrons. The van der Waals surface area contributed by atoms with Gasteiger partial charge < -0.3 is 10.4 Å². The summed E-state index contributed by atoms with van der Waals surface area (Å²) in [7, 11) is 0. The van der Waals surface area contributed by atoms with Crippen LogP contribution in [0.15, 0.2) is 0 Å². The minimum atomic E-state index is -0.797. The highest BCUT2D eigenvalue weighted by atomic mass is 16.4. The molecule has 0 saturated heterocycles. The molecule has 4 heteroatoms. The molecular formula is C15H25NO3. The normalized spacial score (nSPS) is 24.9. The van der Waals surface area contributed by atoms with Gasteiger partial charge in [-0.15, -0.1) is 0 Å². The van der Waals surface area contributed by atoms with Gasteiger partial charge in [0.2, 0.25) is 5.91 Å². The van der Waals surface area contributed by atoms with E-state index in [9.17, 15) is 14.7 Å². The maximum Gasteiger partial charge on any atom is 0.310 e. The van der Waals surface area contributed by atoms with Gasteiger partial charge in [-0.25, -0.2) is 0 Å². The number of rotatable bonds is 4. The number of carboxylic acid groups (broad SMARTS) is 1. The van der Waals surface area contributed by atoms with E-state index >= 15 is 0 Å². The molecule has 2 N–H and O–H groups in total. The van der Waals surface area contributed by atoms with E-state index in [0.29, 0.717) is 12.8 Å². The summed E-state index contributed by atoms with van der Waals surface area (Å²) in [5, 5.41) is 12.5. The Morgan fingerprint density at radius 1 is 1.00 bits per heavy atom. The van der Waals surface area contributed by atoms with E-state index in [1.165, 1.54) is 6.42 Å². The second-order valence-corrected chi connectivity index (χ2v) is 6.64. The van der Waals surface area contributed by atoms with Gasteiger partial charge in [0.05, 0.1) is 5.41 Å². The van der Waals surface area contributed by atoms with Crippen LogP contribution in [-0.4, -0.2) is 22.5 Å². The van der Waals surface area contributed by atoms with Gasteiger partial charge in [0.1, 0.15) is 0 Å². The molecule has 0 spiro atoms. The molecule has 2 rings (SSSR count). The number of nitrogens with one attached hydrogen (secondary N) is 1. The first-order valence-corrected chi connectivity index (χ1v) is 7.50. The number of carbonyl (C=O) groups excluding carboxylic acids is 1. The Kier molecular flexibility index (Phi) is 4.16. The van der Waals surface area contributed by atoms with Gasteiger partial charge in [0, 0.05) is 12.0 Å². The SMILES string of the molecule is CC1(NC(=O)CC2(C(=O)O)CCCC2)CCCCC1. The predicted molar refractivity (Wildman–Crippen MR) is 72.8 cm³/mol. The topological polar surface area (TPSA) is 66.4 Å². The number of aliphatic carboxylic acids is 1. The third-order valence-corrected chi connectivity index (χ3v) is 4.91. The molecule has 0 unspecified atom stereocenters. The van der Waals surface area contributed by atoms with Crippen LogP contribution in [0.3, 0.4) is 0 Å². The number of hydrogen-bond acceptors (Lipinski definition) is 2. The van der Waals surface area contributed by atoms with E-state index in [1.54, 1.807) is 0 Å². The Balaban J connectivity index is 1.94. The Morgan fingerprint density at radius 2 is 1.53 bits per heavy atom. The lowest BCUT2D eigenvalue weighted by Crippen LogP contribution is -2.49. The molecule has 2 aliphatic rings. The zero-order chi connectivity index (χ0) is 13.9. The summed E-state index contributed by atoms with van der Waals surface area (Å²) in [6.07, 6.45) is 8.87. The van der Waals surface area contributed by atoms with Crippen molar-refractivity contribution < 1.29 is 14.7 Å². The fraction of sp³-hybridized carbons (Fsp3) is 0.867. The molecule has 2 saturated carbocycles. The zero-order valence-corrected chi connectivity index (χ0v) is 11.8. The number of amides is 1. The van der Waals surface area contributed by atoms with Gasteiger partial charge in [0.25, 0.3) is 0 Å². The van der Waals surface area contributed by atoms with Crippen LogP contribution < -0.4 is 5.32 Å². The van der Waals surface area contributed by atoms with Gasteiger partial charge in [-0.05, 0) is 32.6 Å². The standard InChI is InChI=1S/C15H25NO3/c1-14(7-3-2-4-8-14)16-12(17)11-15(13(18)19)9-5-6-10-15/h2-11H2,1H3,(H,16,17)(H,18,19). The van der Waals surface area contributed by atoms with Crippen LogP contribution in [0.1, 0.15) is 71.1 Å². The summed E-state index contributed by atoms with van der Waals surface area (Å²) < 4.78 is 0. The number of carbonyl (C=O) groups is 2. The first-order chi connectivity index (χ1) is 8.96. The highest BCUT2D eigenvalue weighted by molar-refractivity contribution is 5.85. The lowest BCUT2D eigenvalue weighted by atomic mass is 9.80. The molecular weight excluding hydrogens is 242 g/mol. The second-order valence-electron chi connectivity index (χ2n) is 6.64. The van der Waals surface area contributed by atoms with Gasteiger partial charge in [-0.2, -0.15) is 0 Å². The lowest BCUT2D eigenvalue weighted by molar-refractivity contribution is -0.151. The van der Waals surface area contributed by atoms with Gasteiger partial charge in [0.15, 0.2) is 0 Å². The average Bonchev–Trinajstić information content (AvgIpc) is 2.78. The molecule has 19 heavy (non-hydrogen) atoms. The summed E-state index contributed by atoms with van der Waals surface area (Å²) in [5.74, 6) is -0.873. The zero-order valence-electron chi connectivity index (χ0n) is 11.8. The van der Waals surface area contributed by atoms with Crippen molar-refractivity contribution in [2.45, 2.75) is 76.7 Å². The molecule has 0 aliphatic heterocycles. The summed E-state index contributed by atoms with van der Waals surface area (Å²) in [5.41, 5.74) is -0.914. The molecule has 4 nitrogen and oxygen atoms in total. The van der Waals surface area contributed by atoms with Crippen molar-refractivity contribution in [3.05, 3.63) is 0 Å². The van der Waals surface area contributed by atoms with Crippen LogP contribution in [0.5, 0.6) is 0 Å². The van der Waals surface area contributed by atoms with Crippen LogP contribution in [-0.2, 0) is 9.59 Å². The molecule has 0 heterocycles. The second kappa shape index (κ2) is 5.51. The maximum absolute atomic E-state index is 12.2. The van der Waals surface area contributed by atoms with Crippen molar-refractivity contribution in [1.29, 1.82) is 0 Å². The fourth-order valence-corrected chi connectivity index (χ4v) is 3.66. The fourth-order valence-electron chi connectivity index (χ4n) is 3.66. The van der Waals surface area contributed by atoms with Crippen molar-refractivity contribution >= 4 is 11.9 Å². The van der Waals surface area contributed by atoms with Crippen LogP contribution >= 0.6 is 0 Å². The third kappa shape index (κ3) is 3.28. The minimum Gasteiger partial charge on any atom is -0.481 e. The number of carboxylic acids is 1. The number of hydrogen-bond donors (Lipinski definition) is 2. The summed E-state index contributed by atoms with van der Waals surface area (Å²) in [6, 6.07) is 0. The summed E-state index contributed by atoms with van der Waals surface area (Å²) in [6.45, 7) is 2.09. The summed E-state index contributed by atoms with van der Waals surface area (Å²) in [4.78, 5) is 23.7. The molecule has 0 aromatic heterocycles. The van der Waals surface area contributed by atoms with E-state index in [4.69, 9.17) is 0 Å². The van der Waals surface area contributed by atoms with Crippen LogP contribution in [0.2, 0.25) is 0 Å². The third-order valence-electron chi connectivity index (χ3n) is 4.91. The van der Waals surface area contributed by atoms with Crippen molar-refractivity contribution in [3.63, 3.8) is 0 Å². The van der Waals surface area contributed by atoms with Gasteiger partial charge in [-0.3, -0.25) is 9.59 Å². The highest BCUT2D eigenvalue weighted by Crippen LogP contribution is 2.41. The Bertz CT molecular complexity index is 352. The Hall–Kier alpha value is -1.06. The molecule has 0 aromatic carbocycles. The highest BCUT2D eigenvalue weighted by Gasteiger charge is 2.43. The smallest absolute Gasteiger partial charge is 0.310 e. The molecule has 108 valence electrons. The Morgan fingerprint density at radius 3 is 2.05 bits per heavy atom. The van der Waals surface area contributed by atoms with Crippen molar-refractivity contribution in [3.8, 4) is 0 Å². The molecule has 2 aliphatic carbocycles. The Labute approximate surface area is 115 Å². The quantitative estimate of drug-likeness (QED) is 0.823. The van der Waals surface area contributed by atoms with Gasteiger partial charge >= 0.3 is 5.97 Å². The molecule has 1 amide bonds. The maximum atomic E-state index is 12.2. The monoisotopic (exact) mass is 267 g/mol. The van der Waals surface area contributed by atoms with Crippen molar-refractivity contribution in [2.24, 2.45) is 5.41 Å². The van der Waals surface area contributed by atoms with Crippen molar-refractivity contribution in [2.75, 3.05) is 0 Å². The van der Waals surface area contributed by atoms with E-state index in [2.05, 4.69) is 12.2 Å². The largest absolute Gasteiger partial charge is 0.481 e. The molecule has 2 fully saturated rings. The van der Waals surface area contributed by atoms with E-state index < -0.39 is 11.4 Å². The minimum absolute atomic E-state index is 0.0753. The van der Waals surface area contributed by atoms with Gasteiger partial charge in [-0.1, -0.05) is 32.1 Å². The van der Waals surface area contributed by atoms with Crippen LogP contribution in [0, 0.1) is 5.41 Å². The summed E-state index contributed by atoms with van der Waals surface area (Å²) >= 11 is 0. The van der Waals surface area contributed by atoms with Crippen LogP contribution in [0.25, 0.3) is 0 Å². The predicted octanol–water partition coefficient (Wildman–Crippen LogP) is 2.86. The first-order valence-electron chi connectivity index (χ1n) is 7.50. The van der Waals surface area contributed by atoms with Crippen molar-refractivity contribution in [1.82, 2.24) is 5.32 Å². The molecule has 0 aromatic rings. The first kappa shape index (κ1) is 14.4. The van der Waals surface area contributed by atoms with E-state index in [-0.39, 0.29) is 17.9 Å².